The van der Waals surface area contributed by atoms with Gasteiger partial charge in [0.1, 0.15) is 6.10 Å². The minimum atomic E-state index is -0.157. The van der Waals surface area contributed by atoms with Crippen molar-refractivity contribution >= 4 is 11.8 Å². The van der Waals surface area contributed by atoms with E-state index in [4.69, 9.17) is 4.74 Å². The lowest BCUT2D eigenvalue weighted by atomic mass is 9.47. The maximum atomic E-state index is 12.2. The molecule has 0 aromatic heterocycles. The fourth-order valence-corrected chi connectivity index (χ4v) is 7.08. The highest BCUT2D eigenvalue weighted by atomic mass is 16.5. The predicted molar refractivity (Wildman–Crippen MR) is 101 cm³/mol. The van der Waals surface area contributed by atoms with E-state index in [0.29, 0.717) is 17.8 Å². The van der Waals surface area contributed by atoms with Crippen LogP contribution in [0.5, 0.6) is 0 Å². The van der Waals surface area contributed by atoms with Gasteiger partial charge >= 0.3 is 5.97 Å². The van der Waals surface area contributed by atoms with Gasteiger partial charge in [0.05, 0.1) is 0 Å². The smallest absolute Gasteiger partial charge is 0.302 e. The van der Waals surface area contributed by atoms with E-state index < -0.39 is 0 Å². The van der Waals surface area contributed by atoms with Crippen molar-refractivity contribution in [3.05, 3.63) is 23.3 Å². The van der Waals surface area contributed by atoms with Crippen LogP contribution in [0, 0.1) is 28.6 Å². The van der Waals surface area contributed by atoms with Gasteiger partial charge in [-0.05, 0) is 79.6 Å². The first kappa shape index (κ1) is 18.0. The molecule has 4 aliphatic rings. The van der Waals surface area contributed by atoms with Crippen LogP contribution in [0.15, 0.2) is 23.3 Å². The number of hydrogen-bond acceptors (Lipinski definition) is 3. The molecule has 0 radical (unpaired) electrons. The highest BCUT2D eigenvalue weighted by molar-refractivity contribution is 5.95. The van der Waals surface area contributed by atoms with Crippen molar-refractivity contribution < 1.29 is 14.3 Å². The number of hydrogen-bond donors (Lipinski definition) is 0. The van der Waals surface area contributed by atoms with Crippen molar-refractivity contribution in [1.29, 1.82) is 0 Å². The molecular weight excluding hydrogens is 324 g/mol. The molecule has 0 aromatic carbocycles. The highest BCUT2D eigenvalue weighted by Gasteiger charge is 2.57. The maximum absolute atomic E-state index is 12.2. The van der Waals surface area contributed by atoms with Crippen molar-refractivity contribution in [1.82, 2.24) is 0 Å². The molecule has 0 unspecified atom stereocenters. The predicted octanol–water partition coefficient (Wildman–Crippen LogP) is 5.01. The minimum Gasteiger partial charge on any atom is -0.462 e. The summed E-state index contributed by atoms with van der Waals surface area (Å²) in [5, 5.41) is 0. The summed E-state index contributed by atoms with van der Waals surface area (Å²) in [4.78, 5) is 23.5. The van der Waals surface area contributed by atoms with Crippen LogP contribution in [0.2, 0.25) is 0 Å². The van der Waals surface area contributed by atoms with Gasteiger partial charge in [-0.3, -0.25) is 9.59 Å². The number of esters is 1. The molecule has 0 aromatic rings. The Balaban J connectivity index is 1.59. The van der Waals surface area contributed by atoms with Gasteiger partial charge in [0.2, 0.25) is 0 Å². The molecule has 4 rings (SSSR count). The Morgan fingerprint density at radius 1 is 1.00 bits per heavy atom. The summed E-state index contributed by atoms with van der Waals surface area (Å²) in [5.74, 6) is 2.11. The fourth-order valence-electron chi connectivity index (χ4n) is 7.08. The molecule has 2 saturated carbocycles. The van der Waals surface area contributed by atoms with E-state index in [2.05, 4.69) is 26.0 Å². The van der Waals surface area contributed by atoms with Crippen molar-refractivity contribution in [2.45, 2.75) is 78.7 Å². The Hall–Kier alpha value is -1.38. The van der Waals surface area contributed by atoms with Gasteiger partial charge in [0.15, 0.2) is 5.78 Å². The van der Waals surface area contributed by atoms with Gasteiger partial charge in [-0.25, -0.2) is 0 Å². The third-order valence-electron chi connectivity index (χ3n) is 8.35. The summed E-state index contributed by atoms with van der Waals surface area (Å²) in [6.07, 6.45) is 12.3. The van der Waals surface area contributed by atoms with Gasteiger partial charge in [-0.15, -0.1) is 0 Å². The molecule has 0 spiro atoms. The number of rotatable bonds is 2. The Morgan fingerprint density at radius 2 is 1.73 bits per heavy atom. The monoisotopic (exact) mass is 356 g/mol. The molecule has 0 aliphatic heterocycles. The quantitative estimate of drug-likeness (QED) is 0.516. The first-order valence-corrected chi connectivity index (χ1v) is 10.3. The second-order valence-electron chi connectivity index (χ2n) is 9.60. The zero-order valence-corrected chi connectivity index (χ0v) is 16.6. The molecule has 0 heterocycles. The average Bonchev–Trinajstić information content (AvgIpc) is 2.92. The van der Waals surface area contributed by atoms with Crippen LogP contribution < -0.4 is 0 Å². The fraction of sp³-hybridized carbons (Fsp3) is 0.739. The Morgan fingerprint density at radius 3 is 2.42 bits per heavy atom. The Labute approximate surface area is 157 Å². The van der Waals surface area contributed by atoms with Crippen LogP contribution in [0.4, 0.5) is 0 Å². The topological polar surface area (TPSA) is 43.4 Å². The first-order chi connectivity index (χ1) is 12.3. The normalized spacial score (nSPS) is 44.2. The van der Waals surface area contributed by atoms with Crippen LogP contribution in [0.25, 0.3) is 0 Å². The van der Waals surface area contributed by atoms with Gasteiger partial charge < -0.3 is 4.74 Å². The molecule has 3 nitrogen and oxygen atoms in total. The van der Waals surface area contributed by atoms with E-state index in [1.54, 1.807) is 6.92 Å². The van der Waals surface area contributed by atoms with Crippen molar-refractivity contribution in [3.63, 3.8) is 0 Å². The molecule has 4 aliphatic carbocycles. The number of Topliss-reactive ketones (excluding diaryl/α,β-unsaturated/α-hetero) is 1. The summed E-state index contributed by atoms with van der Waals surface area (Å²) in [7, 11) is 0. The standard InChI is InChI=1S/C23H32O3/c1-14(24)19-7-8-20-18-6-5-16-13-17(26-15(2)25)9-11-22(16,3)21(18)10-12-23(19,20)4/h5,7,17-18,20-21H,6,8-13H2,1-4H3/t17-,18-,20+,21-,22+,23-/m1/s1. The summed E-state index contributed by atoms with van der Waals surface area (Å²) in [6, 6.07) is 0. The van der Waals surface area contributed by atoms with Crippen LogP contribution in [0.3, 0.4) is 0 Å². The van der Waals surface area contributed by atoms with E-state index in [1.165, 1.54) is 18.9 Å². The van der Waals surface area contributed by atoms with Crippen molar-refractivity contribution in [3.8, 4) is 0 Å². The third kappa shape index (κ3) is 2.53. The van der Waals surface area contributed by atoms with Gasteiger partial charge in [0, 0.05) is 13.3 Å². The minimum absolute atomic E-state index is 0.0645. The lowest BCUT2D eigenvalue weighted by molar-refractivity contribution is -0.148. The largest absolute Gasteiger partial charge is 0.462 e. The lowest BCUT2D eigenvalue weighted by Gasteiger charge is -2.57. The SMILES string of the molecule is CC(=O)O[C@@H]1CC[C@@]2(C)C(=CC[C@H]3[C@H]2CC[C@]2(C)C(C(C)=O)=CC[C@@H]32)C1. The zero-order chi connectivity index (χ0) is 18.7. The second kappa shape index (κ2) is 6.07. The number of ether oxygens (including phenoxy) is 1. The molecule has 0 saturated heterocycles. The van der Waals surface area contributed by atoms with Gasteiger partial charge in [-0.2, -0.15) is 0 Å². The summed E-state index contributed by atoms with van der Waals surface area (Å²) in [5.41, 5.74) is 2.96. The summed E-state index contributed by atoms with van der Waals surface area (Å²) < 4.78 is 5.52. The highest BCUT2D eigenvalue weighted by Crippen LogP contribution is 2.65. The molecule has 2 fully saturated rings. The molecule has 0 amide bonds. The Kier molecular flexibility index (Phi) is 4.20. The third-order valence-corrected chi connectivity index (χ3v) is 8.35. The van der Waals surface area contributed by atoms with Gasteiger partial charge in [-0.1, -0.05) is 31.6 Å². The lowest BCUT2D eigenvalue weighted by Crippen LogP contribution is -2.50. The van der Waals surface area contributed by atoms with Crippen LogP contribution >= 0.6 is 0 Å². The van der Waals surface area contributed by atoms with Crippen molar-refractivity contribution in [2.75, 3.05) is 0 Å². The van der Waals surface area contributed by atoms with Crippen LogP contribution in [0.1, 0.15) is 72.6 Å². The van der Waals surface area contributed by atoms with Crippen molar-refractivity contribution in [2.24, 2.45) is 28.6 Å². The molecule has 0 N–H and O–H groups in total. The van der Waals surface area contributed by atoms with E-state index in [-0.39, 0.29) is 28.7 Å². The number of fused-ring (bicyclic) bond motifs is 5. The van der Waals surface area contributed by atoms with E-state index >= 15 is 0 Å². The molecule has 6 atom stereocenters. The molecular formula is C23H32O3. The molecule has 26 heavy (non-hydrogen) atoms. The van der Waals surface area contributed by atoms with E-state index in [1.807, 2.05) is 0 Å². The molecule has 0 bridgehead atoms. The number of ketones is 1. The molecule has 142 valence electrons. The van der Waals surface area contributed by atoms with Crippen LogP contribution in [-0.2, 0) is 14.3 Å². The maximum Gasteiger partial charge on any atom is 0.302 e. The second-order valence-corrected chi connectivity index (χ2v) is 9.60. The number of carbonyl (C=O) groups excluding carboxylic acids is 2. The summed E-state index contributed by atoms with van der Waals surface area (Å²) >= 11 is 0. The van der Waals surface area contributed by atoms with E-state index in [9.17, 15) is 9.59 Å². The first-order valence-electron chi connectivity index (χ1n) is 10.3. The summed E-state index contributed by atoms with van der Waals surface area (Å²) in [6.45, 7) is 8.05. The Bertz CT molecular complexity index is 702. The number of allylic oxidation sites excluding steroid dienone is 3. The molecule has 3 heteroatoms. The van der Waals surface area contributed by atoms with Crippen LogP contribution in [-0.4, -0.2) is 17.9 Å². The average molecular weight is 357 g/mol. The van der Waals surface area contributed by atoms with E-state index in [0.717, 1.165) is 44.1 Å². The van der Waals surface area contributed by atoms with Gasteiger partial charge in [0.25, 0.3) is 0 Å². The number of carbonyl (C=O) groups is 2. The zero-order valence-electron chi connectivity index (χ0n) is 16.6.